The molecule has 7 heteroatoms. The van der Waals surface area contributed by atoms with Crippen LogP contribution in [-0.2, 0) is 11.2 Å². The molecule has 1 N–H and O–H groups in total. The lowest BCUT2D eigenvalue weighted by atomic mass is 10.1. The summed E-state index contributed by atoms with van der Waals surface area (Å²) in [5.74, 6) is 0.364. The number of hydrogen-bond donors (Lipinski definition) is 1. The molecule has 1 aromatic carbocycles. The summed E-state index contributed by atoms with van der Waals surface area (Å²) in [4.78, 5) is 35.3. The summed E-state index contributed by atoms with van der Waals surface area (Å²) in [6, 6.07) is 6.15. The van der Waals surface area contributed by atoms with Gasteiger partial charge in [-0.15, -0.1) is 0 Å². The maximum absolute atomic E-state index is 12.5. The van der Waals surface area contributed by atoms with Gasteiger partial charge in [0.1, 0.15) is 0 Å². The number of para-hydroxylation sites is 1. The van der Waals surface area contributed by atoms with Crippen molar-refractivity contribution < 1.29 is 9.59 Å². The van der Waals surface area contributed by atoms with Gasteiger partial charge < -0.3 is 15.1 Å². The first-order valence-electron chi connectivity index (χ1n) is 8.78. The van der Waals surface area contributed by atoms with E-state index < -0.39 is 0 Å². The van der Waals surface area contributed by atoms with Crippen molar-refractivity contribution in [2.45, 2.75) is 20.3 Å². The minimum absolute atomic E-state index is 0.104. The average Bonchev–Trinajstić information content (AvgIpc) is 2.69. The lowest BCUT2D eigenvalue weighted by Crippen LogP contribution is -2.48. The largest absolute Gasteiger partial charge is 0.342 e. The molecule has 136 valence electrons. The van der Waals surface area contributed by atoms with Gasteiger partial charge in [0.05, 0.1) is 5.56 Å². The van der Waals surface area contributed by atoms with Crippen LogP contribution in [0.4, 0.5) is 11.6 Å². The molecule has 2 aromatic rings. The number of aryl methyl sites for hydroxylation is 2. The molecule has 1 aliphatic heterocycles. The van der Waals surface area contributed by atoms with Crippen LogP contribution >= 0.6 is 0 Å². The summed E-state index contributed by atoms with van der Waals surface area (Å²) in [7, 11) is 0. The van der Waals surface area contributed by atoms with E-state index >= 15 is 0 Å². The Labute approximate surface area is 153 Å². The molecule has 1 fully saturated rings. The molecule has 0 atom stereocenters. The molecule has 7 nitrogen and oxygen atoms in total. The molecular weight excluding hydrogens is 330 g/mol. The van der Waals surface area contributed by atoms with Crippen molar-refractivity contribution in [1.29, 1.82) is 0 Å². The highest BCUT2D eigenvalue weighted by atomic mass is 16.2. The number of amides is 2. The number of benzene rings is 1. The Morgan fingerprint density at radius 2 is 1.88 bits per heavy atom. The van der Waals surface area contributed by atoms with Gasteiger partial charge in [-0.05, 0) is 24.5 Å². The molecule has 0 saturated carbocycles. The molecule has 0 aliphatic carbocycles. The fraction of sp³-hybridized carbons (Fsp3) is 0.368. The fourth-order valence-electron chi connectivity index (χ4n) is 3.03. The zero-order valence-corrected chi connectivity index (χ0v) is 15.1. The Morgan fingerprint density at radius 3 is 2.50 bits per heavy atom. The third kappa shape index (κ3) is 3.82. The summed E-state index contributed by atoms with van der Waals surface area (Å²) in [5.41, 5.74) is 3.79. The van der Waals surface area contributed by atoms with Crippen LogP contribution in [0.3, 0.4) is 0 Å². The Kier molecular flexibility index (Phi) is 5.46. The van der Waals surface area contributed by atoms with Crippen molar-refractivity contribution in [3.05, 3.63) is 47.3 Å². The van der Waals surface area contributed by atoms with Crippen molar-refractivity contribution in [1.82, 2.24) is 19.8 Å². The summed E-state index contributed by atoms with van der Waals surface area (Å²) in [5, 5.41) is 3.26. The highest BCUT2D eigenvalue weighted by molar-refractivity contribution is 5.93. The first kappa shape index (κ1) is 17.8. The second-order valence-electron chi connectivity index (χ2n) is 6.32. The molecule has 2 amide bonds. The molecule has 2 heterocycles. The summed E-state index contributed by atoms with van der Waals surface area (Å²) in [6.45, 7) is 6.32. The van der Waals surface area contributed by atoms with E-state index in [1.54, 1.807) is 22.2 Å². The van der Waals surface area contributed by atoms with Gasteiger partial charge >= 0.3 is 0 Å². The number of carbonyl (C=O) groups excluding carboxylic acids is 2. The highest BCUT2D eigenvalue weighted by Gasteiger charge is 2.21. The smallest absolute Gasteiger partial charge is 0.257 e. The molecule has 1 aromatic heterocycles. The van der Waals surface area contributed by atoms with Crippen molar-refractivity contribution in [2.75, 3.05) is 31.5 Å². The minimum atomic E-state index is -0.104. The van der Waals surface area contributed by atoms with Crippen LogP contribution in [0.1, 0.15) is 28.4 Å². The monoisotopic (exact) mass is 353 g/mol. The molecule has 1 aliphatic rings. The number of piperazine rings is 1. The summed E-state index contributed by atoms with van der Waals surface area (Å²) in [6.07, 6.45) is 4.83. The lowest BCUT2D eigenvalue weighted by molar-refractivity contribution is -0.119. The Hall–Kier alpha value is -2.96. The zero-order chi connectivity index (χ0) is 18.5. The molecule has 0 unspecified atom stereocenters. The summed E-state index contributed by atoms with van der Waals surface area (Å²) < 4.78 is 0. The third-order valence-electron chi connectivity index (χ3n) is 4.63. The van der Waals surface area contributed by atoms with Gasteiger partial charge in [-0.25, -0.2) is 9.97 Å². The first-order valence-corrected chi connectivity index (χ1v) is 8.78. The van der Waals surface area contributed by atoms with Crippen LogP contribution in [0.15, 0.2) is 30.6 Å². The third-order valence-corrected chi connectivity index (χ3v) is 4.63. The average molecular weight is 353 g/mol. The van der Waals surface area contributed by atoms with Gasteiger partial charge in [-0.1, -0.05) is 25.1 Å². The van der Waals surface area contributed by atoms with Gasteiger partial charge in [0, 0.05) is 44.3 Å². The van der Waals surface area contributed by atoms with Gasteiger partial charge in [-0.2, -0.15) is 0 Å². The molecule has 3 rings (SSSR count). The molecular formula is C19H23N5O2. The van der Waals surface area contributed by atoms with Gasteiger partial charge in [0.25, 0.3) is 5.91 Å². The van der Waals surface area contributed by atoms with Gasteiger partial charge in [0.15, 0.2) is 0 Å². The van der Waals surface area contributed by atoms with Crippen molar-refractivity contribution in [2.24, 2.45) is 0 Å². The number of hydrogen-bond acceptors (Lipinski definition) is 5. The van der Waals surface area contributed by atoms with Crippen LogP contribution in [0.2, 0.25) is 0 Å². The van der Waals surface area contributed by atoms with E-state index in [-0.39, 0.29) is 5.91 Å². The van der Waals surface area contributed by atoms with E-state index in [1.807, 2.05) is 19.1 Å². The Balaban J connectivity index is 1.69. The van der Waals surface area contributed by atoms with Gasteiger partial charge in [0.2, 0.25) is 12.4 Å². The second-order valence-corrected chi connectivity index (χ2v) is 6.32. The number of nitrogens with one attached hydrogen (secondary N) is 1. The van der Waals surface area contributed by atoms with Crippen molar-refractivity contribution in [3.8, 4) is 0 Å². The zero-order valence-electron chi connectivity index (χ0n) is 15.1. The van der Waals surface area contributed by atoms with E-state index in [0.29, 0.717) is 37.7 Å². The Morgan fingerprint density at radius 1 is 1.19 bits per heavy atom. The van der Waals surface area contributed by atoms with Crippen LogP contribution in [0.25, 0.3) is 0 Å². The van der Waals surface area contributed by atoms with Crippen LogP contribution in [-0.4, -0.2) is 58.3 Å². The normalized spacial score (nSPS) is 14.2. The maximum atomic E-state index is 12.5. The maximum Gasteiger partial charge on any atom is 0.257 e. The number of carbonyl (C=O) groups is 2. The fourth-order valence-corrected chi connectivity index (χ4v) is 3.03. The number of nitrogens with zero attached hydrogens (tertiary/aromatic N) is 4. The van der Waals surface area contributed by atoms with Crippen LogP contribution in [0.5, 0.6) is 0 Å². The quantitative estimate of drug-likeness (QED) is 0.832. The number of rotatable bonds is 5. The first-order chi connectivity index (χ1) is 12.6. The molecule has 26 heavy (non-hydrogen) atoms. The SMILES string of the molecule is CCc1cccc(C)c1Nc1ncc(C(=O)N2CCN(C=O)CC2)cn1. The second kappa shape index (κ2) is 7.95. The topological polar surface area (TPSA) is 78.4 Å². The predicted molar refractivity (Wildman–Crippen MR) is 99.4 cm³/mol. The molecule has 0 radical (unpaired) electrons. The highest BCUT2D eigenvalue weighted by Crippen LogP contribution is 2.23. The van der Waals surface area contributed by atoms with E-state index in [9.17, 15) is 9.59 Å². The lowest BCUT2D eigenvalue weighted by Gasteiger charge is -2.32. The summed E-state index contributed by atoms with van der Waals surface area (Å²) >= 11 is 0. The van der Waals surface area contributed by atoms with E-state index in [0.717, 1.165) is 24.1 Å². The standard InChI is InChI=1S/C19H23N5O2/c1-3-15-6-4-5-14(2)17(15)22-19-20-11-16(12-21-19)18(26)24-9-7-23(13-25)8-10-24/h4-6,11-13H,3,7-10H2,1-2H3,(H,20,21,22). The van der Waals surface area contributed by atoms with Gasteiger partial charge in [-0.3, -0.25) is 9.59 Å². The van der Waals surface area contributed by atoms with Crippen molar-refractivity contribution in [3.63, 3.8) is 0 Å². The Bertz CT molecular complexity index is 783. The van der Waals surface area contributed by atoms with Crippen LogP contribution < -0.4 is 5.32 Å². The molecule has 1 saturated heterocycles. The predicted octanol–water partition coefficient (Wildman–Crippen LogP) is 2.01. The van der Waals surface area contributed by atoms with E-state index in [4.69, 9.17) is 0 Å². The minimum Gasteiger partial charge on any atom is -0.342 e. The number of anilines is 2. The van der Waals surface area contributed by atoms with Crippen LogP contribution in [0, 0.1) is 6.92 Å². The van der Waals surface area contributed by atoms with E-state index in [1.165, 1.54) is 5.56 Å². The number of aromatic nitrogens is 2. The van der Waals surface area contributed by atoms with E-state index in [2.05, 4.69) is 28.3 Å². The molecule has 0 spiro atoms. The van der Waals surface area contributed by atoms with Crippen molar-refractivity contribution >= 4 is 24.0 Å². The molecule has 0 bridgehead atoms.